The summed E-state index contributed by atoms with van der Waals surface area (Å²) < 4.78 is 18.0. The van der Waals surface area contributed by atoms with Crippen LogP contribution >= 0.6 is 11.6 Å². The number of nitrogens with zero attached hydrogens (tertiary/aromatic N) is 4. The predicted molar refractivity (Wildman–Crippen MR) is 147 cm³/mol. The smallest absolute Gasteiger partial charge is 0.308 e. The van der Waals surface area contributed by atoms with E-state index in [-0.39, 0.29) is 11.8 Å². The predicted octanol–water partition coefficient (Wildman–Crippen LogP) is 7.16. The second-order valence-electron chi connectivity index (χ2n) is 9.17. The Bertz CT molecular complexity index is 1590. The third-order valence-electron chi connectivity index (χ3n) is 6.85. The number of nitrogens with one attached hydrogen (secondary N) is 1. The molecule has 0 fully saturated rings. The minimum atomic E-state index is -0.473. The lowest BCUT2D eigenvalue weighted by Crippen LogP contribution is -2.38. The van der Waals surface area contributed by atoms with Crippen LogP contribution < -0.4 is 5.32 Å². The van der Waals surface area contributed by atoms with Crippen LogP contribution in [0.15, 0.2) is 97.2 Å². The summed E-state index contributed by atoms with van der Waals surface area (Å²) in [5.74, 6) is 0.563. The number of urea groups is 1. The van der Waals surface area contributed by atoms with Gasteiger partial charge in [0.05, 0.1) is 29.7 Å². The van der Waals surface area contributed by atoms with Gasteiger partial charge in [0.25, 0.3) is 0 Å². The van der Waals surface area contributed by atoms with E-state index in [2.05, 4.69) is 16.8 Å². The Kier molecular flexibility index (Phi) is 6.21. The number of anilines is 1. The largest absolute Gasteiger partial charge is 0.322 e. The molecule has 2 amide bonds. The second kappa shape index (κ2) is 9.84. The normalized spacial score (nSPS) is 14.5. The molecule has 3 aromatic carbocycles. The molecular formula is C30H25ClFN5O. The molecule has 0 unspecified atom stereocenters. The number of hydrogen-bond donors (Lipinski definition) is 1. The maximum Gasteiger partial charge on any atom is 0.322 e. The maximum absolute atomic E-state index is 13.9. The maximum atomic E-state index is 13.9. The molecule has 6 rings (SSSR count). The molecule has 38 heavy (non-hydrogen) atoms. The lowest BCUT2D eigenvalue weighted by molar-refractivity contribution is 0.194. The SMILES string of the molecule is CCc1nn(-c2ccccc2)c2c1CN(C(=O)Nc1ccc(Cl)cc1)[C@H](c1ccc(F)cc1)c1cccn1-2. The zero-order valence-electron chi connectivity index (χ0n) is 20.7. The van der Waals surface area contributed by atoms with E-state index in [0.717, 1.165) is 34.0 Å². The summed E-state index contributed by atoms with van der Waals surface area (Å²) in [7, 11) is 0. The Morgan fingerprint density at radius 1 is 1.00 bits per heavy atom. The van der Waals surface area contributed by atoms with E-state index in [1.807, 2.05) is 53.3 Å². The van der Waals surface area contributed by atoms with Crippen molar-refractivity contribution in [1.29, 1.82) is 0 Å². The van der Waals surface area contributed by atoms with Crippen LogP contribution in [-0.2, 0) is 13.0 Å². The molecule has 0 aliphatic carbocycles. The van der Waals surface area contributed by atoms with Crippen LogP contribution in [0.4, 0.5) is 14.9 Å². The van der Waals surface area contributed by atoms with Crippen LogP contribution in [0.1, 0.15) is 35.5 Å². The third-order valence-corrected chi connectivity index (χ3v) is 7.10. The average molecular weight is 526 g/mol. The summed E-state index contributed by atoms with van der Waals surface area (Å²) in [6, 6.07) is 26.5. The van der Waals surface area contributed by atoms with E-state index in [0.29, 0.717) is 23.7 Å². The molecule has 0 radical (unpaired) electrons. The molecule has 2 aromatic heterocycles. The molecule has 3 heterocycles. The van der Waals surface area contributed by atoms with Crippen molar-refractivity contribution in [3.8, 4) is 11.5 Å². The van der Waals surface area contributed by atoms with Crippen LogP contribution in [0.5, 0.6) is 0 Å². The molecule has 5 aromatic rings. The fourth-order valence-electron chi connectivity index (χ4n) is 5.07. The first-order valence-electron chi connectivity index (χ1n) is 12.5. The Labute approximate surface area is 224 Å². The topological polar surface area (TPSA) is 55.1 Å². The average Bonchev–Trinajstić information content (AvgIpc) is 3.52. The summed E-state index contributed by atoms with van der Waals surface area (Å²) in [6.07, 6.45) is 2.69. The number of rotatable bonds is 4. The van der Waals surface area contributed by atoms with E-state index in [1.165, 1.54) is 12.1 Å². The first kappa shape index (κ1) is 24.0. The van der Waals surface area contributed by atoms with Crippen molar-refractivity contribution < 1.29 is 9.18 Å². The first-order chi connectivity index (χ1) is 18.5. The van der Waals surface area contributed by atoms with Crippen LogP contribution in [0.2, 0.25) is 5.02 Å². The first-order valence-corrected chi connectivity index (χ1v) is 12.8. The Hall–Kier alpha value is -4.36. The molecule has 1 N–H and O–H groups in total. The molecular weight excluding hydrogens is 501 g/mol. The van der Waals surface area contributed by atoms with Crippen LogP contribution in [0.3, 0.4) is 0 Å². The molecule has 1 atom stereocenters. The van der Waals surface area contributed by atoms with Gasteiger partial charge in [0.2, 0.25) is 0 Å². The van der Waals surface area contributed by atoms with E-state index in [4.69, 9.17) is 16.7 Å². The second-order valence-corrected chi connectivity index (χ2v) is 9.61. The standard InChI is InChI=1S/C30H25ClFN5O/c1-2-26-25-19-36(30(38)33-23-16-12-21(31)13-17-23)28(20-10-14-22(32)15-11-20)27-9-6-18-35(27)29(25)37(34-26)24-7-4-3-5-8-24/h3-18,28H,2,19H2,1H3,(H,33,38)/t28-/m1/s1. The lowest BCUT2D eigenvalue weighted by atomic mass is 10.0. The molecule has 1 aliphatic heterocycles. The minimum Gasteiger partial charge on any atom is -0.308 e. The third kappa shape index (κ3) is 4.25. The fourth-order valence-corrected chi connectivity index (χ4v) is 5.20. The summed E-state index contributed by atoms with van der Waals surface area (Å²) in [5, 5.41) is 8.58. The van der Waals surface area contributed by atoms with Crippen molar-refractivity contribution in [2.45, 2.75) is 25.9 Å². The number of carbonyl (C=O) groups is 1. The molecule has 6 nitrogen and oxygen atoms in total. The van der Waals surface area contributed by atoms with Gasteiger partial charge in [0.15, 0.2) is 0 Å². The Balaban J connectivity index is 1.54. The van der Waals surface area contributed by atoms with Gasteiger partial charge >= 0.3 is 6.03 Å². The highest BCUT2D eigenvalue weighted by molar-refractivity contribution is 6.30. The molecule has 0 saturated heterocycles. The molecule has 190 valence electrons. The number of carbonyl (C=O) groups excluding carboxylic acids is 1. The van der Waals surface area contributed by atoms with Gasteiger partial charge < -0.3 is 14.8 Å². The van der Waals surface area contributed by atoms with Gasteiger partial charge in [0.1, 0.15) is 11.6 Å². The van der Waals surface area contributed by atoms with Crippen molar-refractivity contribution in [3.05, 3.63) is 131 Å². The van der Waals surface area contributed by atoms with Crippen LogP contribution in [0.25, 0.3) is 11.5 Å². The number of aromatic nitrogens is 3. The van der Waals surface area contributed by atoms with Crippen molar-refractivity contribution >= 4 is 23.3 Å². The van der Waals surface area contributed by atoms with E-state index < -0.39 is 6.04 Å². The highest BCUT2D eigenvalue weighted by Crippen LogP contribution is 2.39. The molecule has 0 saturated carbocycles. The molecule has 1 aliphatic rings. The monoisotopic (exact) mass is 525 g/mol. The Morgan fingerprint density at radius 3 is 2.45 bits per heavy atom. The number of para-hydroxylation sites is 1. The van der Waals surface area contributed by atoms with Crippen molar-refractivity contribution in [2.75, 3.05) is 5.32 Å². The lowest BCUT2D eigenvalue weighted by Gasteiger charge is -2.31. The van der Waals surface area contributed by atoms with Gasteiger partial charge in [-0.2, -0.15) is 5.10 Å². The summed E-state index contributed by atoms with van der Waals surface area (Å²) in [6.45, 7) is 2.38. The highest BCUT2D eigenvalue weighted by atomic mass is 35.5. The van der Waals surface area contributed by atoms with Gasteiger partial charge in [-0.15, -0.1) is 0 Å². The molecule has 0 bridgehead atoms. The molecule has 0 spiro atoms. The summed E-state index contributed by atoms with van der Waals surface area (Å²) in [5.41, 5.74) is 5.12. The highest BCUT2D eigenvalue weighted by Gasteiger charge is 2.36. The fraction of sp³-hybridized carbons (Fsp3) is 0.133. The quantitative estimate of drug-likeness (QED) is 0.271. The number of benzene rings is 3. The van der Waals surface area contributed by atoms with Gasteiger partial charge in [-0.25, -0.2) is 13.9 Å². The summed E-state index contributed by atoms with van der Waals surface area (Å²) in [4.78, 5) is 15.7. The van der Waals surface area contributed by atoms with Gasteiger partial charge in [-0.1, -0.05) is 48.9 Å². The number of halogens is 2. The number of hydrogen-bond acceptors (Lipinski definition) is 2. The minimum absolute atomic E-state index is 0.281. The number of aryl methyl sites for hydroxylation is 1. The van der Waals surface area contributed by atoms with Gasteiger partial charge in [-0.05, 0) is 72.6 Å². The van der Waals surface area contributed by atoms with E-state index >= 15 is 0 Å². The van der Waals surface area contributed by atoms with Crippen molar-refractivity contribution in [2.24, 2.45) is 0 Å². The van der Waals surface area contributed by atoms with E-state index in [1.54, 1.807) is 41.3 Å². The van der Waals surface area contributed by atoms with Gasteiger partial charge in [-0.3, -0.25) is 0 Å². The molecule has 8 heteroatoms. The van der Waals surface area contributed by atoms with E-state index in [9.17, 15) is 9.18 Å². The zero-order valence-corrected chi connectivity index (χ0v) is 21.4. The van der Waals surface area contributed by atoms with Crippen LogP contribution in [0, 0.1) is 5.82 Å². The van der Waals surface area contributed by atoms with Crippen molar-refractivity contribution in [3.63, 3.8) is 0 Å². The number of fused-ring (bicyclic) bond motifs is 3. The Morgan fingerprint density at radius 2 is 1.74 bits per heavy atom. The number of amides is 2. The van der Waals surface area contributed by atoms with Gasteiger partial charge in [0, 0.05) is 22.5 Å². The zero-order chi connectivity index (χ0) is 26.2. The van der Waals surface area contributed by atoms with Crippen LogP contribution in [-0.4, -0.2) is 25.3 Å². The van der Waals surface area contributed by atoms with Crippen molar-refractivity contribution in [1.82, 2.24) is 19.2 Å². The summed E-state index contributed by atoms with van der Waals surface area (Å²) >= 11 is 6.05.